The van der Waals surface area contributed by atoms with Crippen molar-refractivity contribution in [3.05, 3.63) is 47.4 Å². The molecule has 30 heavy (non-hydrogen) atoms. The van der Waals surface area contributed by atoms with Crippen molar-refractivity contribution in [1.29, 1.82) is 0 Å². The van der Waals surface area contributed by atoms with Gasteiger partial charge in [0.1, 0.15) is 0 Å². The second-order valence-electron chi connectivity index (χ2n) is 8.35. The number of piperazine rings is 1. The van der Waals surface area contributed by atoms with Gasteiger partial charge < -0.3 is 14.5 Å². The molecule has 0 radical (unpaired) electrons. The molecule has 4 heterocycles. The van der Waals surface area contributed by atoms with Gasteiger partial charge in [-0.05, 0) is 51.5 Å². The van der Waals surface area contributed by atoms with Crippen molar-refractivity contribution in [2.45, 2.75) is 39.8 Å². The number of fused-ring (bicyclic) bond motifs is 1. The lowest BCUT2D eigenvalue weighted by atomic mass is 10.0. The van der Waals surface area contributed by atoms with Gasteiger partial charge in [0.15, 0.2) is 0 Å². The first kappa shape index (κ1) is 20.6. The van der Waals surface area contributed by atoms with Crippen LogP contribution in [0.2, 0.25) is 0 Å². The number of hydrogen-bond donors (Lipinski definition) is 1. The fourth-order valence-corrected chi connectivity index (χ4v) is 4.42. The highest BCUT2D eigenvalue weighted by molar-refractivity contribution is 5.93. The summed E-state index contributed by atoms with van der Waals surface area (Å²) in [6.45, 7) is 12.0. The molecule has 1 atom stereocenters. The zero-order valence-electron chi connectivity index (χ0n) is 18.5. The summed E-state index contributed by atoms with van der Waals surface area (Å²) in [4.78, 5) is 15.4. The van der Waals surface area contributed by atoms with E-state index in [1.807, 2.05) is 44.6 Å². The maximum atomic E-state index is 12.9. The van der Waals surface area contributed by atoms with E-state index in [4.69, 9.17) is 4.74 Å². The van der Waals surface area contributed by atoms with E-state index in [1.165, 1.54) is 0 Å². The highest BCUT2D eigenvalue weighted by Gasteiger charge is 2.26. The lowest BCUT2D eigenvalue weighted by Crippen LogP contribution is -2.45. The van der Waals surface area contributed by atoms with Crippen molar-refractivity contribution in [3.8, 4) is 11.3 Å². The molecule has 160 valence electrons. The number of hydrogen-bond acceptors (Lipinski definition) is 5. The quantitative estimate of drug-likeness (QED) is 0.656. The summed E-state index contributed by atoms with van der Waals surface area (Å²) in [5.41, 5.74) is 5.87. The third-order valence-corrected chi connectivity index (χ3v) is 5.96. The summed E-state index contributed by atoms with van der Waals surface area (Å²) < 4.78 is 9.66. The molecule has 0 aliphatic carbocycles. The van der Waals surface area contributed by atoms with Gasteiger partial charge in [0, 0.05) is 68.4 Å². The van der Waals surface area contributed by atoms with Crippen LogP contribution in [0.15, 0.2) is 30.6 Å². The number of rotatable bonds is 5. The molecule has 0 saturated carbocycles. The van der Waals surface area contributed by atoms with Gasteiger partial charge in [0.2, 0.25) is 0 Å². The summed E-state index contributed by atoms with van der Waals surface area (Å²) in [6.07, 6.45) is 3.81. The minimum atomic E-state index is -0.262. The van der Waals surface area contributed by atoms with Gasteiger partial charge in [0.25, 0.3) is 0 Å². The number of nitrogens with one attached hydrogen (secondary N) is 1. The number of nitrogens with zero attached hydrogens (tertiary/aromatic N) is 4. The molecule has 1 aliphatic rings. The summed E-state index contributed by atoms with van der Waals surface area (Å²) >= 11 is 0. The third kappa shape index (κ3) is 3.75. The Kier molecular flexibility index (Phi) is 5.66. The van der Waals surface area contributed by atoms with Gasteiger partial charge in [-0.25, -0.2) is 4.79 Å². The summed E-state index contributed by atoms with van der Waals surface area (Å²) in [5.74, 6) is -0.262. The zero-order chi connectivity index (χ0) is 21.4. The second-order valence-corrected chi connectivity index (χ2v) is 8.35. The molecule has 4 rings (SSSR count). The topological polar surface area (TPSA) is 63.8 Å². The van der Waals surface area contributed by atoms with E-state index in [2.05, 4.69) is 38.9 Å². The Balaban J connectivity index is 1.88. The van der Waals surface area contributed by atoms with Crippen LogP contribution >= 0.6 is 0 Å². The summed E-state index contributed by atoms with van der Waals surface area (Å²) in [6, 6.07) is 6.26. The van der Waals surface area contributed by atoms with Gasteiger partial charge in [-0.3, -0.25) is 9.58 Å². The Morgan fingerprint density at radius 1 is 1.20 bits per heavy atom. The SMILES string of the molecule is Cc1c(C(=O)OC(C)C)cc2cc(-c3ccnn3C)cn2c1C(C)N1CCNCC1. The van der Waals surface area contributed by atoms with E-state index in [-0.39, 0.29) is 18.1 Å². The monoisotopic (exact) mass is 409 g/mol. The van der Waals surface area contributed by atoms with Gasteiger partial charge in [-0.15, -0.1) is 0 Å². The molecule has 7 heteroatoms. The minimum absolute atomic E-state index is 0.154. The van der Waals surface area contributed by atoms with Crippen LogP contribution in [-0.2, 0) is 11.8 Å². The Hall–Kier alpha value is -2.64. The minimum Gasteiger partial charge on any atom is -0.459 e. The van der Waals surface area contributed by atoms with Gasteiger partial charge >= 0.3 is 5.97 Å². The average molecular weight is 410 g/mol. The molecule has 1 N–H and O–H groups in total. The maximum absolute atomic E-state index is 12.9. The lowest BCUT2D eigenvalue weighted by Gasteiger charge is -2.34. The molecule has 0 amide bonds. The van der Waals surface area contributed by atoms with E-state index in [1.54, 1.807) is 6.20 Å². The predicted molar refractivity (Wildman–Crippen MR) is 118 cm³/mol. The molecule has 7 nitrogen and oxygen atoms in total. The van der Waals surface area contributed by atoms with Crippen LogP contribution in [0, 0.1) is 6.92 Å². The van der Waals surface area contributed by atoms with Crippen LogP contribution in [0.25, 0.3) is 16.8 Å². The van der Waals surface area contributed by atoms with E-state index < -0.39 is 0 Å². The van der Waals surface area contributed by atoms with Gasteiger partial charge in [-0.2, -0.15) is 5.10 Å². The molecule has 0 aromatic carbocycles. The average Bonchev–Trinajstić information content (AvgIpc) is 3.32. The fraction of sp³-hybridized carbons (Fsp3) is 0.478. The normalized spacial score (nSPS) is 16.3. The highest BCUT2D eigenvalue weighted by atomic mass is 16.5. The number of carbonyl (C=O) groups is 1. The molecule has 3 aromatic rings. The maximum Gasteiger partial charge on any atom is 0.338 e. The van der Waals surface area contributed by atoms with Crippen LogP contribution in [0.5, 0.6) is 0 Å². The molecule has 1 saturated heterocycles. The first-order valence-electron chi connectivity index (χ1n) is 10.7. The van der Waals surface area contributed by atoms with Crippen molar-refractivity contribution in [2.24, 2.45) is 7.05 Å². The summed E-state index contributed by atoms with van der Waals surface area (Å²) in [5, 5.41) is 7.73. The van der Waals surface area contributed by atoms with Crippen LogP contribution in [0.3, 0.4) is 0 Å². The molecule has 0 bridgehead atoms. The van der Waals surface area contributed by atoms with E-state index >= 15 is 0 Å². The molecule has 1 fully saturated rings. The standard InChI is InChI=1S/C23H31N5O2/c1-15(2)30-23(29)20-13-19-12-18(21-6-7-25-26(21)5)14-28(19)22(16(20)3)17(4)27-10-8-24-9-11-27/h6-7,12-15,17,24H,8-11H2,1-5H3. The van der Waals surface area contributed by atoms with E-state index in [0.717, 1.165) is 54.2 Å². The Labute approximate surface area is 177 Å². The van der Waals surface area contributed by atoms with Gasteiger partial charge in [-0.1, -0.05) is 0 Å². The zero-order valence-corrected chi connectivity index (χ0v) is 18.5. The highest BCUT2D eigenvalue weighted by Crippen LogP contribution is 2.32. The fourth-order valence-electron chi connectivity index (χ4n) is 4.42. The van der Waals surface area contributed by atoms with Crippen LogP contribution in [0.4, 0.5) is 0 Å². The smallest absolute Gasteiger partial charge is 0.338 e. The molecular weight excluding hydrogens is 378 g/mol. The van der Waals surface area contributed by atoms with Crippen molar-refractivity contribution < 1.29 is 9.53 Å². The number of aryl methyl sites for hydroxylation is 1. The predicted octanol–water partition coefficient (Wildman–Crippen LogP) is 3.18. The van der Waals surface area contributed by atoms with E-state index in [0.29, 0.717) is 5.56 Å². The third-order valence-electron chi connectivity index (χ3n) is 5.96. The lowest BCUT2D eigenvalue weighted by molar-refractivity contribution is 0.0376. The van der Waals surface area contributed by atoms with Crippen molar-refractivity contribution >= 4 is 11.5 Å². The number of carbonyl (C=O) groups excluding carboxylic acids is 1. The van der Waals surface area contributed by atoms with E-state index in [9.17, 15) is 4.79 Å². The Bertz CT molecular complexity index is 1060. The van der Waals surface area contributed by atoms with Gasteiger partial charge in [0.05, 0.1) is 17.4 Å². The van der Waals surface area contributed by atoms with Crippen molar-refractivity contribution in [2.75, 3.05) is 26.2 Å². The number of aromatic nitrogens is 3. The van der Waals surface area contributed by atoms with Crippen LogP contribution in [0.1, 0.15) is 48.4 Å². The Morgan fingerprint density at radius 2 is 1.93 bits per heavy atom. The van der Waals surface area contributed by atoms with Crippen molar-refractivity contribution in [1.82, 2.24) is 24.4 Å². The number of esters is 1. The molecule has 1 aliphatic heterocycles. The van der Waals surface area contributed by atoms with Crippen LogP contribution < -0.4 is 5.32 Å². The molecule has 0 spiro atoms. The van der Waals surface area contributed by atoms with Crippen molar-refractivity contribution in [3.63, 3.8) is 0 Å². The molecule has 3 aromatic heterocycles. The number of ether oxygens (including phenoxy) is 1. The molecule has 1 unspecified atom stereocenters. The number of pyridine rings is 1. The van der Waals surface area contributed by atoms with Crippen LogP contribution in [-0.4, -0.2) is 57.3 Å². The summed E-state index contributed by atoms with van der Waals surface area (Å²) in [7, 11) is 1.94. The second kappa shape index (κ2) is 8.24. The largest absolute Gasteiger partial charge is 0.459 e. The first-order valence-corrected chi connectivity index (χ1v) is 10.7. The first-order chi connectivity index (χ1) is 14.4. The Morgan fingerprint density at radius 3 is 2.57 bits per heavy atom. The molecular formula is C23H31N5O2.